The van der Waals surface area contributed by atoms with Crippen molar-refractivity contribution >= 4 is 43.6 Å². The minimum absolute atomic E-state index is 0.435. The van der Waals surface area contributed by atoms with E-state index < -0.39 is 0 Å². The zero-order chi connectivity index (χ0) is 42.6. The topological polar surface area (TPSA) is 81.2 Å². The summed E-state index contributed by atoms with van der Waals surface area (Å²) in [7, 11) is 0. The van der Waals surface area contributed by atoms with Gasteiger partial charge in [0.2, 0.25) is 0 Å². The second-order valence-corrected chi connectivity index (χ2v) is 15.9. The zero-order valence-corrected chi connectivity index (χ0v) is 34.2. The summed E-state index contributed by atoms with van der Waals surface area (Å²) >= 11 is 0. The van der Waals surface area contributed by atoms with E-state index in [9.17, 15) is 15.8 Å². The molecule has 0 saturated heterocycles. The first kappa shape index (κ1) is 37.1. The van der Waals surface area contributed by atoms with Gasteiger partial charge >= 0.3 is 0 Å². The van der Waals surface area contributed by atoms with Crippen LogP contribution in [0.25, 0.3) is 99.5 Å². The monoisotopic (exact) mass is 801 g/mol. The van der Waals surface area contributed by atoms with E-state index in [1.165, 1.54) is 5.56 Å². The number of fused-ring (bicyclic) bond motifs is 6. The molecule has 0 bridgehead atoms. The first-order valence-corrected chi connectivity index (χ1v) is 20.9. The summed E-state index contributed by atoms with van der Waals surface area (Å²) in [6.45, 7) is 2.08. The number of hydrogen-bond acceptors (Lipinski definition) is 3. The SMILES string of the molecule is Cc1ccc(-c2cccc(-c3c(C#N)c(-n4c5ccccc5c5ccccc54)c(-c4cccc(-c5ccc(C#N)cc5)c4)c(C#N)c3-n3c4ccccc4c4ccccc43)c2)cc1. The lowest BCUT2D eigenvalue weighted by molar-refractivity contribution is 1.13. The first-order chi connectivity index (χ1) is 31.1. The van der Waals surface area contributed by atoms with E-state index >= 15 is 0 Å². The molecule has 0 N–H and O–H groups in total. The molecule has 0 aliphatic rings. The van der Waals surface area contributed by atoms with Crippen LogP contribution < -0.4 is 0 Å². The predicted molar refractivity (Wildman–Crippen MR) is 256 cm³/mol. The standard InChI is InChI=1S/C58H35N5/c1-37-24-28-39(29-25-37)41-12-10-14-43(32-41)55-49(35-60)58(63-53-22-8-4-18-47(53)48-19-5-9-23-54(48)63)56(44-15-11-13-42(33-44)40-30-26-38(34-59)27-31-40)50(36-61)57(55)62-51-20-6-2-16-45(51)46-17-3-7-21-52(46)62/h2-33H,1H3. The Morgan fingerprint density at radius 3 is 1.05 bits per heavy atom. The fourth-order valence-electron chi connectivity index (χ4n) is 9.47. The van der Waals surface area contributed by atoms with Crippen molar-refractivity contribution in [2.75, 3.05) is 0 Å². The Balaban J connectivity index is 1.37. The van der Waals surface area contributed by atoms with Gasteiger partial charge in [-0.2, -0.15) is 15.8 Å². The van der Waals surface area contributed by atoms with Gasteiger partial charge in [0.05, 0.1) is 56.2 Å². The van der Waals surface area contributed by atoms with E-state index in [2.05, 4.69) is 131 Å². The molecule has 0 aliphatic heterocycles. The highest BCUT2D eigenvalue weighted by molar-refractivity contribution is 6.13. The minimum atomic E-state index is 0.435. The Morgan fingerprint density at radius 2 is 0.683 bits per heavy atom. The summed E-state index contributed by atoms with van der Waals surface area (Å²) in [5, 5.41) is 37.8. The van der Waals surface area contributed by atoms with Gasteiger partial charge in [-0.05, 0) is 88.8 Å². The summed E-state index contributed by atoms with van der Waals surface area (Å²) in [5.41, 5.74) is 14.4. The smallest absolute Gasteiger partial charge is 0.102 e. The van der Waals surface area contributed by atoms with Gasteiger partial charge in [-0.25, -0.2) is 0 Å². The predicted octanol–water partition coefficient (Wildman–Crippen LogP) is 14.5. The van der Waals surface area contributed by atoms with E-state index in [1.807, 2.05) is 97.1 Å². The van der Waals surface area contributed by atoms with Crippen molar-refractivity contribution in [3.8, 4) is 74.1 Å². The molecular formula is C58H35N5. The van der Waals surface area contributed by atoms with Crippen LogP contribution in [0.4, 0.5) is 0 Å². The van der Waals surface area contributed by atoms with Crippen LogP contribution >= 0.6 is 0 Å². The maximum Gasteiger partial charge on any atom is 0.102 e. The molecule has 5 nitrogen and oxygen atoms in total. The highest BCUT2D eigenvalue weighted by Crippen LogP contribution is 2.49. The molecule has 0 aliphatic carbocycles. The summed E-state index contributed by atoms with van der Waals surface area (Å²) in [5.74, 6) is 0. The number of nitrogens with zero attached hydrogens (tertiary/aromatic N) is 5. The molecule has 0 radical (unpaired) electrons. The maximum absolute atomic E-state index is 12.0. The van der Waals surface area contributed by atoms with Crippen molar-refractivity contribution in [1.29, 1.82) is 15.8 Å². The average Bonchev–Trinajstić information content (AvgIpc) is 3.86. The molecule has 63 heavy (non-hydrogen) atoms. The molecule has 0 amide bonds. The number of rotatable bonds is 6. The highest BCUT2D eigenvalue weighted by atomic mass is 15.0. The summed E-state index contributed by atoms with van der Waals surface area (Å²) < 4.78 is 4.39. The molecule has 0 unspecified atom stereocenters. The Morgan fingerprint density at radius 1 is 0.333 bits per heavy atom. The summed E-state index contributed by atoms with van der Waals surface area (Å²) in [6, 6.07) is 73.5. The quantitative estimate of drug-likeness (QED) is 0.168. The number of aromatic nitrogens is 2. The van der Waals surface area contributed by atoms with E-state index in [0.717, 1.165) is 77.0 Å². The number of aryl methyl sites for hydroxylation is 1. The highest BCUT2D eigenvalue weighted by Gasteiger charge is 2.31. The second-order valence-electron chi connectivity index (χ2n) is 15.9. The van der Waals surface area contributed by atoms with Gasteiger partial charge in [-0.3, -0.25) is 0 Å². The molecule has 0 saturated carbocycles. The number of nitriles is 3. The van der Waals surface area contributed by atoms with Gasteiger partial charge in [-0.1, -0.05) is 151 Å². The molecule has 0 fully saturated rings. The Labute approximate surface area is 364 Å². The van der Waals surface area contributed by atoms with Crippen LogP contribution in [-0.4, -0.2) is 9.13 Å². The first-order valence-electron chi connectivity index (χ1n) is 20.9. The molecule has 5 heteroatoms. The van der Waals surface area contributed by atoms with Crippen LogP contribution in [0.3, 0.4) is 0 Å². The van der Waals surface area contributed by atoms with Gasteiger partial charge in [0, 0.05) is 32.7 Å². The third-order valence-electron chi connectivity index (χ3n) is 12.3. The third kappa shape index (κ3) is 5.90. The normalized spacial score (nSPS) is 11.2. The fraction of sp³-hybridized carbons (Fsp3) is 0.0172. The van der Waals surface area contributed by atoms with Crippen molar-refractivity contribution in [3.63, 3.8) is 0 Å². The minimum Gasteiger partial charge on any atom is -0.307 e. The van der Waals surface area contributed by atoms with Crippen molar-refractivity contribution in [2.24, 2.45) is 0 Å². The summed E-state index contributed by atoms with van der Waals surface area (Å²) in [6.07, 6.45) is 0. The van der Waals surface area contributed by atoms with Crippen LogP contribution in [0.15, 0.2) is 194 Å². The van der Waals surface area contributed by atoms with E-state index in [-0.39, 0.29) is 0 Å². The molecule has 2 heterocycles. The van der Waals surface area contributed by atoms with Crippen molar-refractivity contribution in [1.82, 2.24) is 9.13 Å². The molecule has 2 aromatic heterocycles. The van der Waals surface area contributed by atoms with Crippen LogP contribution in [0.1, 0.15) is 22.3 Å². The number of hydrogen-bond donors (Lipinski definition) is 0. The molecule has 292 valence electrons. The number of benzene rings is 9. The molecule has 0 atom stereocenters. The lowest BCUT2D eigenvalue weighted by atomic mass is 9.85. The Kier molecular flexibility index (Phi) is 8.80. The molecular weight excluding hydrogens is 767 g/mol. The molecule has 0 spiro atoms. The zero-order valence-electron chi connectivity index (χ0n) is 34.2. The van der Waals surface area contributed by atoms with Crippen molar-refractivity contribution < 1.29 is 0 Å². The average molecular weight is 802 g/mol. The number of para-hydroxylation sites is 4. The fourth-order valence-corrected chi connectivity index (χ4v) is 9.47. The van der Waals surface area contributed by atoms with Gasteiger partial charge in [0.15, 0.2) is 0 Å². The van der Waals surface area contributed by atoms with Gasteiger partial charge in [0.25, 0.3) is 0 Å². The van der Waals surface area contributed by atoms with Crippen LogP contribution in [0, 0.1) is 40.9 Å². The molecule has 11 rings (SSSR count). The van der Waals surface area contributed by atoms with Crippen molar-refractivity contribution in [2.45, 2.75) is 6.92 Å². The van der Waals surface area contributed by atoms with Gasteiger partial charge in [-0.15, -0.1) is 0 Å². The van der Waals surface area contributed by atoms with E-state index in [4.69, 9.17) is 0 Å². The molecule has 11 aromatic rings. The largest absolute Gasteiger partial charge is 0.307 e. The van der Waals surface area contributed by atoms with Gasteiger partial charge < -0.3 is 9.13 Å². The third-order valence-corrected chi connectivity index (χ3v) is 12.3. The van der Waals surface area contributed by atoms with E-state index in [0.29, 0.717) is 39.2 Å². The van der Waals surface area contributed by atoms with Crippen LogP contribution in [0.5, 0.6) is 0 Å². The van der Waals surface area contributed by atoms with Crippen LogP contribution in [0.2, 0.25) is 0 Å². The Hall–Kier alpha value is -8.95. The van der Waals surface area contributed by atoms with E-state index in [1.54, 1.807) is 0 Å². The molecule has 9 aromatic carbocycles. The van der Waals surface area contributed by atoms with Crippen molar-refractivity contribution in [3.05, 3.63) is 216 Å². The Bertz CT molecular complexity index is 3660. The van der Waals surface area contributed by atoms with Crippen LogP contribution in [-0.2, 0) is 0 Å². The summed E-state index contributed by atoms with van der Waals surface area (Å²) in [4.78, 5) is 0. The maximum atomic E-state index is 12.0. The lowest BCUT2D eigenvalue weighted by Gasteiger charge is -2.25. The lowest BCUT2D eigenvalue weighted by Crippen LogP contribution is -2.11. The van der Waals surface area contributed by atoms with Gasteiger partial charge in [0.1, 0.15) is 12.1 Å². The second kappa shape index (κ2) is 14.9.